The Kier molecular flexibility index (Phi) is 9.13. The number of aromatic nitrogens is 2. The fraction of sp³-hybridized carbons (Fsp3) is 0.684. The quantitative estimate of drug-likeness (QED) is 0.533. The van der Waals surface area contributed by atoms with Gasteiger partial charge in [-0.05, 0) is 13.3 Å². The molecule has 27 heavy (non-hydrogen) atoms. The average molecular weight is 378 g/mol. The first-order valence-electron chi connectivity index (χ1n) is 9.86. The van der Waals surface area contributed by atoms with E-state index in [1.54, 1.807) is 11.1 Å². The molecule has 2 N–H and O–H groups in total. The van der Waals surface area contributed by atoms with Crippen LogP contribution in [-0.2, 0) is 9.53 Å². The molecule has 0 radical (unpaired) electrons. The average Bonchev–Trinajstić information content (AvgIpc) is 2.69. The van der Waals surface area contributed by atoms with Gasteiger partial charge in [-0.3, -0.25) is 14.6 Å². The number of hydrogen-bond donors (Lipinski definition) is 2. The number of amides is 2. The smallest absolute Gasteiger partial charge is 0.274 e. The van der Waals surface area contributed by atoms with Gasteiger partial charge < -0.3 is 19.9 Å². The number of unbranched alkanes of at least 4 members (excludes halogenated alkanes) is 1. The summed E-state index contributed by atoms with van der Waals surface area (Å²) < 4.78 is 5.39. The van der Waals surface area contributed by atoms with Crippen molar-refractivity contribution in [3.05, 3.63) is 23.8 Å². The normalized spacial score (nSPS) is 14.7. The van der Waals surface area contributed by atoms with Crippen molar-refractivity contribution in [1.82, 2.24) is 20.2 Å². The first kappa shape index (κ1) is 21.2. The second kappa shape index (κ2) is 11.6. The number of nitrogens with zero attached hydrogens (tertiary/aromatic N) is 3. The van der Waals surface area contributed by atoms with Crippen LogP contribution in [0.25, 0.3) is 0 Å². The van der Waals surface area contributed by atoms with E-state index in [4.69, 9.17) is 4.74 Å². The number of aryl methyl sites for hydroxylation is 1. The summed E-state index contributed by atoms with van der Waals surface area (Å²) in [5.74, 6) is -0.188. The largest absolute Gasteiger partial charge is 0.370 e. The molecule has 1 aromatic rings. The number of nitrogens with one attached hydrogen (secondary N) is 2. The first-order chi connectivity index (χ1) is 13.1. The molecule has 2 amide bonds. The molecule has 1 fully saturated rings. The Morgan fingerprint density at radius 2 is 2.00 bits per heavy atom. The van der Waals surface area contributed by atoms with Gasteiger partial charge in [-0.15, -0.1) is 0 Å². The highest BCUT2D eigenvalue weighted by Gasteiger charge is 2.21. The number of hydrogen-bond acceptors (Lipinski definition) is 5. The van der Waals surface area contributed by atoms with Gasteiger partial charge in [0, 0.05) is 25.7 Å². The van der Waals surface area contributed by atoms with Crippen molar-refractivity contribution in [2.75, 3.05) is 52.5 Å². The third-order valence-corrected chi connectivity index (χ3v) is 4.68. The minimum absolute atomic E-state index is 0.0186. The van der Waals surface area contributed by atoms with Gasteiger partial charge in [0.1, 0.15) is 18.8 Å². The molecule has 8 heteroatoms. The van der Waals surface area contributed by atoms with Crippen LogP contribution in [0.2, 0.25) is 0 Å². The Morgan fingerprint density at radius 3 is 2.67 bits per heavy atom. The summed E-state index contributed by atoms with van der Waals surface area (Å²) in [5, 5.41) is 2.90. The van der Waals surface area contributed by atoms with Gasteiger partial charge in [-0.1, -0.05) is 13.3 Å². The van der Waals surface area contributed by atoms with Crippen molar-refractivity contribution in [3.63, 3.8) is 0 Å². The molecule has 0 atom stereocenters. The Labute approximate surface area is 161 Å². The van der Waals surface area contributed by atoms with Crippen LogP contribution in [0.1, 0.15) is 42.4 Å². The number of morpholine rings is 1. The Hall–Kier alpha value is -2.06. The van der Waals surface area contributed by atoms with Gasteiger partial charge in [-0.2, -0.15) is 0 Å². The van der Waals surface area contributed by atoms with Crippen LogP contribution in [0.5, 0.6) is 0 Å². The molecule has 8 nitrogen and oxygen atoms in total. The van der Waals surface area contributed by atoms with Crippen LogP contribution < -0.4 is 10.2 Å². The molecule has 0 spiro atoms. The van der Waals surface area contributed by atoms with Gasteiger partial charge in [-0.25, -0.2) is 4.98 Å². The van der Waals surface area contributed by atoms with Crippen LogP contribution >= 0.6 is 0 Å². The molecule has 1 aliphatic rings. The third kappa shape index (κ3) is 7.60. The summed E-state index contributed by atoms with van der Waals surface area (Å²) in [6, 6.07) is 0. The van der Waals surface area contributed by atoms with Gasteiger partial charge >= 0.3 is 0 Å². The minimum atomic E-state index is -0.170. The summed E-state index contributed by atoms with van der Waals surface area (Å²) >= 11 is 0. The van der Waals surface area contributed by atoms with Crippen molar-refractivity contribution in [1.29, 1.82) is 0 Å². The monoisotopic (exact) mass is 378 g/mol. The maximum Gasteiger partial charge on any atom is 0.274 e. The molecule has 0 bridgehead atoms. The van der Waals surface area contributed by atoms with Crippen LogP contribution in [0.3, 0.4) is 0 Å². The lowest BCUT2D eigenvalue weighted by Crippen LogP contribution is -3.14. The highest BCUT2D eigenvalue weighted by Crippen LogP contribution is 2.02. The number of ether oxygens (including phenoxy) is 1. The molecular formula is C19H32N5O3+. The van der Waals surface area contributed by atoms with Crippen LogP contribution in [0, 0.1) is 6.92 Å². The molecule has 150 valence electrons. The third-order valence-electron chi connectivity index (χ3n) is 4.68. The number of rotatable bonds is 10. The summed E-state index contributed by atoms with van der Waals surface area (Å²) in [5.41, 5.74) is 1.09. The van der Waals surface area contributed by atoms with E-state index < -0.39 is 0 Å². The van der Waals surface area contributed by atoms with E-state index >= 15 is 0 Å². The zero-order valence-corrected chi connectivity index (χ0v) is 16.5. The van der Waals surface area contributed by atoms with Gasteiger partial charge in [0.05, 0.1) is 38.2 Å². The Bertz CT molecular complexity index is 588. The molecular weight excluding hydrogens is 346 g/mol. The van der Waals surface area contributed by atoms with Crippen molar-refractivity contribution in [2.24, 2.45) is 0 Å². The van der Waals surface area contributed by atoms with Crippen molar-refractivity contribution < 1.29 is 19.2 Å². The summed E-state index contributed by atoms with van der Waals surface area (Å²) in [4.78, 5) is 36.4. The predicted octanol–water partition coefficient (Wildman–Crippen LogP) is -0.551. The highest BCUT2D eigenvalue weighted by molar-refractivity contribution is 5.92. The molecule has 1 aromatic heterocycles. The zero-order valence-electron chi connectivity index (χ0n) is 16.5. The molecule has 2 heterocycles. The van der Waals surface area contributed by atoms with E-state index in [0.717, 1.165) is 51.4 Å². The van der Waals surface area contributed by atoms with E-state index in [1.165, 1.54) is 11.1 Å². The maximum atomic E-state index is 12.9. The Balaban J connectivity index is 1.92. The fourth-order valence-electron chi connectivity index (χ4n) is 2.91. The van der Waals surface area contributed by atoms with E-state index in [2.05, 4.69) is 22.2 Å². The minimum Gasteiger partial charge on any atom is -0.370 e. The fourth-order valence-corrected chi connectivity index (χ4v) is 2.91. The first-order valence-corrected chi connectivity index (χ1v) is 9.86. The van der Waals surface area contributed by atoms with Crippen molar-refractivity contribution >= 4 is 11.8 Å². The number of carbonyl (C=O) groups is 2. The summed E-state index contributed by atoms with van der Waals surface area (Å²) in [6.45, 7) is 9.83. The highest BCUT2D eigenvalue weighted by atomic mass is 16.5. The van der Waals surface area contributed by atoms with Gasteiger partial charge in [0.2, 0.25) is 5.91 Å². The predicted molar refractivity (Wildman–Crippen MR) is 102 cm³/mol. The van der Waals surface area contributed by atoms with Crippen molar-refractivity contribution in [2.45, 2.75) is 33.1 Å². The van der Waals surface area contributed by atoms with Crippen LogP contribution in [0.15, 0.2) is 12.4 Å². The standard InChI is InChI=1S/C19H31N5O3/c1-3-4-6-20-18(25)5-7-24(9-8-23-10-12-27-13-11-23)19(26)17-15-21-16(2)14-22-17/h14-15H,3-13H2,1-2H3,(H,20,25)/p+1. The molecule has 1 aliphatic heterocycles. The van der Waals surface area contributed by atoms with Crippen molar-refractivity contribution in [3.8, 4) is 0 Å². The molecule has 0 aromatic carbocycles. The lowest BCUT2D eigenvalue weighted by atomic mass is 10.2. The van der Waals surface area contributed by atoms with Gasteiger partial charge in [0.25, 0.3) is 5.91 Å². The van der Waals surface area contributed by atoms with E-state index in [9.17, 15) is 9.59 Å². The second-order valence-corrected chi connectivity index (χ2v) is 6.90. The number of quaternary nitrogens is 1. The van der Waals surface area contributed by atoms with Gasteiger partial charge in [0.15, 0.2) is 0 Å². The summed E-state index contributed by atoms with van der Waals surface area (Å²) in [7, 11) is 0. The molecule has 2 rings (SSSR count). The van der Waals surface area contributed by atoms with E-state index in [0.29, 0.717) is 31.7 Å². The Morgan fingerprint density at radius 1 is 1.22 bits per heavy atom. The molecule has 0 saturated carbocycles. The topological polar surface area (TPSA) is 88.9 Å². The molecule has 0 unspecified atom stereocenters. The summed E-state index contributed by atoms with van der Waals surface area (Å²) in [6.07, 6.45) is 5.41. The molecule has 0 aliphatic carbocycles. The number of carbonyl (C=O) groups excluding carboxylic acids is 2. The van der Waals surface area contributed by atoms with Crippen LogP contribution in [0.4, 0.5) is 0 Å². The van der Waals surface area contributed by atoms with E-state index in [-0.39, 0.29) is 11.8 Å². The lowest BCUT2D eigenvalue weighted by Gasteiger charge is -2.27. The maximum absolute atomic E-state index is 12.9. The molecule has 1 saturated heterocycles. The van der Waals surface area contributed by atoms with E-state index in [1.807, 2.05) is 6.92 Å². The SMILES string of the molecule is CCCCNC(=O)CCN(CC[NH+]1CCOCC1)C(=O)c1cnc(C)cn1. The van der Waals surface area contributed by atoms with Crippen LogP contribution in [-0.4, -0.2) is 79.2 Å². The lowest BCUT2D eigenvalue weighted by molar-refractivity contribution is -0.907. The second-order valence-electron chi connectivity index (χ2n) is 6.90. The zero-order chi connectivity index (χ0) is 19.5.